The Labute approximate surface area is 98.9 Å². The van der Waals surface area contributed by atoms with E-state index >= 15 is 0 Å². The Kier molecular flexibility index (Phi) is 3.19. The fourth-order valence-corrected chi connectivity index (χ4v) is 1.90. The van der Waals surface area contributed by atoms with Crippen molar-refractivity contribution in [2.24, 2.45) is 0 Å². The van der Waals surface area contributed by atoms with E-state index in [9.17, 15) is 4.79 Å². The summed E-state index contributed by atoms with van der Waals surface area (Å²) in [6.45, 7) is -0.194. The zero-order valence-electron chi connectivity index (χ0n) is 9.73. The second kappa shape index (κ2) is 4.63. The van der Waals surface area contributed by atoms with Gasteiger partial charge in [0, 0.05) is 18.1 Å². The van der Waals surface area contributed by atoms with Crippen molar-refractivity contribution in [1.82, 2.24) is 0 Å². The molecule has 1 heterocycles. The first-order valence-corrected chi connectivity index (χ1v) is 5.26. The summed E-state index contributed by atoms with van der Waals surface area (Å²) in [5.74, 6) is 0.664. The number of cyclic esters (lactones) is 1. The molecule has 5 heteroatoms. The number of fused-ring (bicyclic) bond motifs is 1. The van der Waals surface area contributed by atoms with E-state index < -0.39 is 12.1 Å². The molecule has 1 aliphatic rings. The molecule has 0 unspecified atom stereocenters. The fourth-order valence-electron chi connectivity index (χ4n) is 1.90. The van der Waals surface area contributed by atoms with Crippen molar-refractivity contribution >= 4 is 5.97 Å². The molecule has 17 heavy (non-hydrogen) atoms. The van der Waals surface area contributed by atoms with Gasteiger partial charge in [0.15, 0.2) is 0 Å². The molecule has 5 nitrogen and oxygen atoms in total. The summed E-state index contributed by atoms with van der Waals surface area (Å²) in [5, 5.41) is 9.06. The van der Waals surface area contributed by atoms with Gasteiger partial charge in [-0.1, -0.05) is 0 Å². The second-order valence-electron chi connectivity index (χ2n) is 3.77. The Balaban J connectivity index is 2.50. The fraction of sp³-hybridized carbons (Fsp3) is 0.417. The molecule has 92 valence electrons. The van der Waals surface area contributed by atoms with Gasteiger partial charge in [-0.05, 0) is 6.07 Å². The minimum Gasteiger partial charge on any atom is -0.497 e. The summed E-state index contributed by atoms with van der Waals surface area (Å²) in [5.41, 5.74) is 1.19. The van der Waals surface area contributed by atoms with Gasteiger partial charge >= 0.3 is 5.97 Å². The average molecular weight is 238 g/mol. The summed E-state index contributed by atoms with van der Waals surface area (Å²) in [6, 6.07) is 3.33. The van der Waals surface area contributed by atoms with Gasteiger partial charge in [-0.25, -0.2) is 4.79 Å². The van der Waals surface area contributed by atoms with Crippen LogP contribution in [-0.2, 0) is 11.2 Å². The first-order chi connectivity index (χ1) is 8.19. The van der Waals surface area contributed by atoms with E-state index in [1.165, 1.54) is 14.2 Å². The van der Waals surface area contributed by atoms with Crippen molar-refractivity contribution in [3.05, 3.63) is 23.3 Å². The largest absolute Gasteiger partial charge is 0.497 e. The molecule has 1 atom stereocenters. The van der Waals surface area contributed by atoms with Gasteiger partial charge in [-0.15, -0.1) is 0 Å². The molecule has 0 saturated heterocycles. The first-order valence-electron chi connectivity index (χ1n) is 5.26. The van der Waals surface area contributed by atoms with E-state index in [1.807, 2.05) is 0 Å². The Morgan fingerprint density at radius 3 is 2.76 bits per heavy atom. The number of esters is 1. The van der Waals surface area contributed by atoms with Crippen molar-refractivity contribution in [3.63, 3.8) is 0 Å². The van der Waals surface area contributed by atoms with Crippen LogP contribution in [0.2, 0.25) is 0 Å². The highest BCUT2D eigenvalue weighted by molar-refractivity contribution is 5.93. The van der Waals surface area contributed by atoms with Crippen molar-refractivity contribution in [2.45, 2.75) is 12.5 Å². The van der Waals surface area contributed by atoms with Crippen LogP contribution in [0, 0.1) is 0 Å². The molecular weight excluding hydrogens is 224 g/mol. The molecule has 0 aliphatic carbocycles. The lowest BCUT2D eigenvalue weighted by Crippen LogP contribution is -2.30. The van der Waals surface area contributed by atoms with Crippen molar-refractivity contribution in [2.75, 3.05) is 20.8 Å². The molecule has 0 amide bonds. The molecule has 1 aromatic carbocycles. The average Bonchev–Trinajstić information content (AvgIpc) is 2.37. The predicted octanol–water partition coefficient (Wildman–Crippen LogP) is 0.778. The van der Waals surface area contributed by atoms with Crippen LogP contribution in [0.15, 0.2) is 12.1 Å². The van der Waals surface area contributed by atoms with E-state index in [0.717, 1.165) is 5.56 Å². The van der Waals surface area contributed by atoms with Crippen LogP contribution in [0.4, 0.5) is 0 Å². The van der Waals surface area contributed by atoms with Crippen LogP contribution in [-0.4, -0.2) is 38.0 Å². The summed E-state index contributed by atoms with van der Waals surface area (Å²) in [7, 11) is 3.05. The minimum absolute atomic E-state index is 0.194. The van der Waals surface area contributed by atoms with Gasteiger partial charge in [0.05, 0.1) is 26.4 Å². The quantitative estimate of drug-likeness (QED) is 0.788. The number of methoxy groups -OCH3 is 2. The van der Waals surface area contributed by atoms with E-state index in [1.54, 1.807) is 12.1 Å². The highest BCUT2D eigenvalue weighted by Crippen LogP contribution is 2.33. The first kappa shape index (κ1) is 11.7. The lowest BCUT2D eigenvalue weighted by Gasteiger charge is -2.25. The van der Waals surface area contributed by atoms with Gasteiger partial charge in [-0.3, -0.25) is 0 Å². The number of aliphatic hydroxyl groups excluding tert-OH is 1. The monoisotopic (exact) mass is 238 g/mol. The van der Waals surface area contributed by atoms with E-state index in [0.29, 0.717) is 23.5 Å². The number of hydrogen-bond donors (Lipinski definition) is 1. The molecule has 0 radical (unpaired) electrons. The summed E-state index contributed by atoms with van der Waals surface area (Å²) in [4.78, 5) is 11.7. The second-order valence-corrected chi connectivity index (χ2v) is 3.77. The van der Waals surface area contributed by atoms with Crippen molar-refractivity contribution < 1.29 is 24.1 Å². The molecule has 0 fully saturated rings. The molecule has 2 rings (SSSR count). The van der Waals surface area contributed by atoms with Crippen LogP contribution in [0.3, 0.4) is 0 Å². The van der Waals surface area contributed by atoms with Gasteiger partial charge in [0.1, 0.15) is 17.6 Å². The molecule has 0 spiro atoms. The third kappa shape index (κ3) is 2.06. The number of rotatable bonds is 3. The maximum atomic E-state index is 11.7. The number of aliphatic hydroxyl groups is 1. The molecule has 0 aromatic heterocycles. The van der Waals surface area contributed by atoms with Crippen LogP contribution in [0.25, 0.3) is 0 Å². The van der Waals surface area contributed by atoms with E-state index in [4.69, 9.17) is 19.3 Å². The standard InChI is InChI=1S/C12H14O5/c1-15-7-3-10-9(11(5-7)16-2)4-8(6-13)17-12(10)14/h3,5,8,13H,4,6H2,1-2H3/t8-/m0/s1. The molecule has 1 aromatic rings. The highest BCUT2D eigenvalue weighted by Gasteiger charge is 2.29. The lowest BCUT2D eigenvalue weighted by molar-refractivity contribution is 0.00901. The maximum absolute atomic E-state index is 11.7. The molecule has 0 bridgehead atoms. The van der Waals surface area contributed by atoms with Gasteiger partial charge < -0.3 is 19.3 Å². The molecular formula is C12H14O5. The summed E-state index contributed by atoms with van der Waals surface area (Å²) >= 11 is 0. The number of benzene rings is 1. The van der Waals surface area contributed by atoms with Gasteiger partial charge in [-0.2, -0.15) is 0 Å². The Morgan fingerprint density at radius 2 is 2.18 bits per heavy atom. The molecule has 1 aliphatic heterocycles. The number of carbonyl (C=O) groups is 1. The van der Waals surface area contributed by atoms with E-state index in [-0.39, 0.29) is 6.61 Å². The summed E-state index contributed by atoms with van der Waals surface area (Å²) in [6.07, 6.45) is -0.0534. The Bertz CT molecular complexity index is 441. The maximum Gasteiger partial charge on any atom is 0.339 e. The van der Waals surface area contributed by atoms with E-state index in [2.05, 4.69) is 0 Å². The smallest absolute Gasteiger partial charge is 0.339 e. The SMILES string of the molecule is COc1cc(OC)c2c(c1)C(=O)O[C@H](CO)C2. The van der Waals surface area contributed by atoms with Crippen molar-refractivity contribution in [3.8, 4) is 11.5 Å². The van der Waals surface area contributed by atoms with Crippen LogP contribution in [0.5, 0.6) is 11.5 Å². The Hall–Kier alpha value is -1.75. The topological polar surface area (TPSA) is 65.0 Å². The zero-order valence-corrected chi connectivity index (χ0v) is 9.73. The summed E-state index contributed by atoms with van der Waals surface area (Å²) < 4.78 is 15.4. The molecule has 0 saturated carbocycles. The predicted molar refractivity (Wildman–Crippen MR) is 59.5 cm³/mol. The number of carbonyl (C=O) groups excluding carboxylic acids is 1. The highest BCUT2D eigenvalue weighted by atomic mass is 16.6. The zero-order chi connectivity index (χ0) is 12.4. The van der Waals surface area contributed by atoms with Crippen LogP contribution in [0.1, 0.15) is 15.9 Å². The van der Waals surface area contributed by atoms with Crippen LogP contribution < -0.4 is 9.47 Å². The molecule has 1 N–H and O–H groups in total. The number of hydrogen-bond acceptors (Lipinski definition) is 5. The van der Waals surface area contributed by atoms with Crippen LogP contribution >= 0.6 is 0 Å². The Morgan fingerprint density at radius 1 is 1.41 bits per heavy atom. The number of ether oxygens (including phenoxy) is 3. The normalized spacial score (nSPS) is 18.3. The third-order valence-electron chi connectivity index (χ3n) is 2.77. The van der Waals surface area contributed by atoms with Gasteiger partial charge in [0.25, 0.3) is 0 Å². The van der Waals surface area contributed by atoms with Crippen molar-refractivity contribution in [1.29, 1.82) is 0 Å². The lowest BCUT2D eigenvalue weighted by atomic mass is 9.97. The van der Waals surface area contributed by atoms with Gasteiger partial charge in [0.2, 0.25) is 0 Å². The third-order valence-corrected chi connectivity index (χ3v) is 2.77. The minimum atomic E-state index is -0.503.